The largest absolute Gasteiger partial charge is 0.490 e. The van der Waals surface area contributed by atoms with E-state index in [2.05, 4.69) is 33.4 Å². The molecule has 0 bridgehead atoms. The molecule has 0 radical (unpaired) electrons. The van der Waals surface area contributed by atoms with Gasteiger partial charge >= 0.3 is 5.97 Å². The standard InChI is InChI=1S/C35H35BrCl2N4O4S/c1-3-44-29-17-24(16-27(36)32(29)45-19-23-14-15-25(37)18-28(23)38)31-30(33(43)46-26-12-8-5-9-13-26)21(2)39-34-40-35(41-42(31)34)47-20-22-10-6-4-7-11-22/h4,6-7,10-11,14-18,26,31H,3,5,8-9,12-13,19-20H2,1-2H3,(H,39,40,41). The van der Waals surface area contributed by atoms with Gasteiger partial charge in [-0.2, -0.15) is 4.98 Å². The number of rotatable bonds is 11. The van der Waals surface area contributed by atoms with Crippen molar-refractivity contribution < 1.29 is 19.0 Å². The summed E-state index contributed by atoms with van der Waals surface area (Å²) >= 11 is 17.8. The molecule has 1 fully saturated rings. The van der Waals surface area contributed by atoms with Crippen LogP contribution >= 0.6 is 50.9 Å². The van der Waals surface area contributed by atoms with Crippen molar-refractivity contribution in [2.24, 2.45) is 0 Å². The zero-order valence-electron chi connectivity index (χ0n) is 26.1. The number of hydrogen-bond donors (Lipinski definition) is 1. The van der Waals surface area contributed by atoms with Gasteiger partial charge in [-0.15, -0.1) is 5.10 Å². The Balaban J connectivity index is 1.36. The molecule has 2 aliphatic rings. The first-order valence-corrected chi connectivity index (χ1v) is 18.2. The third kappa shape index (κ3) is 7.94. The van der Waals surface area contributed by atoms with Crippen molar-refractivity contribution in [3.8, 4) is 11.5 Å². The first-order valence-electron chi connectivity index (χ1n) is 15.7. The van der Waals surface area contributed by atoms with Crippen LogP contribution in [-0.4, -0.2) is 33.4 Å². The minimum Gasteiger partial charge on any atom is -0.490 e. The first kappa shape index (κ1) is 33.7. The van der Waals surface area contributed by atoms with Gasteiger partial charge in [0.05, 0.1) is 16.7 Å². The van der Waals surface area contributed by atoms with Crippen LogP contribution in [-0.2, 0) is 21.9 Å². The third-order valence-electron chi connectivity index (χ3n) is 8.12. The Morgan fingerprint density at radius 3 is 2.60 bits per heavy atom. The topological polar surface area (TPSA) is 87.5 Å². The van der Waals surface area contributed by atoms with E-state index in [1.807, 2.05) is 50.2 Å². The summed E-state index contributed by atoms with van der Waals surface area (Å²) in [6.45, 7) is 4.40. The molecule has 1 aliphatic carbocycles. The van der Waals surface area contributed by atoms with Crippen LogP contribution in [0.1, 0.15) is 68.7 Å². The summed E-state index contributed by atoms with van der Waals surface area (Å²) in [6, 6.07) is 18.7. The number of thioether (sulfide) groups is 1. The average molecular weight is 759 g/mol. The van der Waals surface area contributed by atoms with Crippen LogP contribution in [0, 0.1) is 0 Å². The molecule has 4 aromatic rings. The van der Waals surface area contributed by atoms with E-state index in [4.69, 9.17) is 47.5 Å². The fourth-order valence-corrected chi connectivity index (χ4v) is 7.64. The lowest BCUT2D eigenvalue weighted by molar-refractivity contribution is -0.146. The van der Waals surface area contributed by atoms with E-state index in [0.717, 1.165) is 36.8 Å². The maximum Gasteiger partial charge on any atom is 0.338 e. The zero-order chi connectivity index (χ0) is 32.9. The van der Waals surface area contributed by atoms with Crippen LogP contribution in [0.3, 0.4) is 0 Å². The Morgan fingerprint density at radius 1 is 1.06 bits per heavy atom. The van der Waals surface area contributed by atoms with Crippen molar-refractivity contribution >= 4 is 62.8 Å². The van der Waals surface area contributed by atoms with Crippen LogP contribution in [0.25, 0.3) is 0 Å². The minimum absolute atomic E-state index is 0.104. The molecule has 0 spiro atoms. The lowest BCUT2D eigenvalue weighted by atomic mass is 9.94. The normalized spacial score (nSPS) is 16.4. The van der Waals surface area contributed by atoms with Gasteiger partial charge in [-0.1, -0.05) is 77.8 Å². The summed E-state index contributed by atoms with van der Waals surface area (Å²) in [5.41, 5.74) is 3.86. The Morgan fingerprint density at radius 2 is 1.85 bits per heavy atom. The molecule has 1 saturated carbocycles. The van der Waals surface area contributed by atoms with Gasteiger partial charge in [-0.05, 0) is 90.9 Å². The highest BCUT2D eigenvalue weighted by atomic mass is 79.9. The molecule has 2 heterocycles. The van der Waals surface area contributed by atoms with Gasteiger partial charge in [0.1, 0.15) is 18.8 Å². The Bertz CT molecular complexity index is 1780. The van der Waals surface area contributed by atoms with Crippen LogP contribution in [0.2, 0.25) is 10.0 Å². The number of fused-ring (bicyclic) bond motifs is 1. The monoisotopic (exact) mass is 756 g/mol. The lowest BCUT2D eigenvalue weighted by Crippen LogP contribution is -2.32. The van der Waals surface area contributed by atoms with Crippen LogP contribution < -0.4 is 14.8 Å². The van der Waals surface area contributed by atoms with Gasteiger partial charge in [-0.25, -0.2) is 9.48 Å². The molecule has 3 aromatic carbocycles. The second kappa shape index (κ2) is 15.4. The van der Waals surface area contributed by atoms with Gasteiger partial charge < -0.3 is 19.5 Å². The number of nitrogens with one attached hydrogen (secondary N) is 1. The third-order valence-corrected chi connectivity index (χ3v) is 10.2. The zero-order valence-corrected chi connectivity index (χ0v) is 30.0. The molecular weight excluding hydrogens is 723 g/mol. The summed E-state index contributed by atoms with van der Waals surface area (Å²) in [5, 5.41) is 9.90. The second-order valence-corrected chi connectivity index (χ2v) is 14.1. The molecule has 1 aliphatic heterocycles. The van der Waals surface area contributed by atoms with E-state index in [-0.39, 0.29) is 18.7 Å². The van der Waals surface area contributed by atoms with E-state index in [1.54, 1.807) is 16.8 Å². The molecule has 12 heteroatoms. The Labute approximate surface area is 297 Å². The van der Waals surface area contributed by atoms with E-state index in [0.29, 0.717) is 60.8 Å². The number of benzene rings is 3. The first-order chi connectivity index (χ1) is 22.8. The van der Waals surface area contributed by atoms with Gasteiger partial charge in [0.15, 0.2) is 11.5 Å². The fourth-order valence-electron chi connectivity index (χ4n) is 5.82. The van der Waals surface area contributed by atoms with Crippen LogP contribution in [0.5, 0.6) is 11.5 Å². The number of esters is 1. The second-order valence-electron chi connectivity index (χ2n) is 11.5. The smallest absolute Gasteiger partial charge is 0.338 e. The number of aromatic nitrogens is 3. The number of carbonyl (C=O) groups is 1. The summed E-state index contributed by atoms with van der Waals surface area (Å²) in [6.07, 6.45) is 4.91. The number of nitrogens with zero attached hydrogens (tertiary/aromatic N) is 3. The highest BCUT2D eigenvalue weighted by Crippen LogP contribution is 2.44. The fraction of sp³-hybridized carbons (Fsp3) is 0.343. The summed E-state index contributed by atoms with van der Waals surface area (Å²) in [7, 11) is 0. The Kier molecular flexibility index (Phi) is 11.0. The number of anilines is 1. The van der Waals surface area contributed by atoms with E-state index in [9.17, 15) is 4.79 Å². The molecule has 47 heavy (non-hydrogen) atoms. The number of allylic oxidation sites excluding steroid dienone is 1. The minimum atomic E-state index is -0.629. The SMILES string of the molecule is CCOc1cc(C2C(C(=O)OC3CCCCC3)=C(C)Nc3nc(SCc4ccccc4)nn32)cc(Br)c1OCc1ccc(Cl)cc1Cl. The van der Waals surface area contributed by atoms with Crippen LogP contribution in [0.15, 0.2) is 81.6 Å². The number of ether oxygens (including phenoxy) is 3. The molecule has 1 N–H and O–H groups in total. The quantitative estimate of drug-likeness (QED) is 0.120. The number of hydrogen-bond acceptors (Lipinski definition) is 8. The van der Waals surface area contributed by atoms with Gasteiger partial charge in [0, 0.05) is 27.1 Å². The van der Waals surface area contributed by atoms with Crippen molar-refractivity contribution in [3.63, 3.8) is 0 Å². The summed E-state index contributed by atoms with van der Waals surface area (Å²) in [5.74, 6) is 1.92. The van der Waals surface area contributed by atoms with Gasteiger partial charge in [0.2, 0.25) is 11.1 Å². The molecule has 0 amide bonds. The summed E-state index contributed by atoms with van der Waals surface area (Å²) in [4.78, 5) is 18.8. The predicted octanol–water partition coefficient (Wildman–Crippen LogP) is 9.78. The van der Waals surface area contributed by atoms with Crippen molar-refractivity contribution in [2.45, 2.75) is 75.6 Å². The predicted molar refractivity (Wildman–Crippen MR) is 190 cm³/mol. The van der Waals surface area contributed by atoms with Gasteiger partial charge in [-0.3, -0.25) is 0 Å². The molecule has 1 atom stereocenters. The molecule has 8 nitrogen and oxygen atoms in total. The molecule has 1 unspecified atom stereocenters. The maximum atomic E-state index is 14.0. The number of carbonyl (C=O) groups excluding carboxylic acids is 1. The molecule has 6 rings (SSSR count). The van der Waals surface area contributed by atoms with E-state index >= 15 is 0 Å². The van der Waals surface area contributed by atoms with Crippen molar-refractivity contribution in [1.82, 2.24) is 14.8 Å². The van der Waals surface area contributed by atoms with Crippen molar-refractivity contribution in [2.75, 3.05) is 11.9 Å². The molecule has 1 aromatic heterocycles. The lowest BCUT2D eigenvalue weighted by Gasteiger charge is -2.30. The van der Waals surface area contributed by atoms with Gasteiger partial charge in [0.25, 0.3) is 0 Å². The van der Waals surface area contributed by atoms with Crippen molar-refractivity contribution in [1.29, 1.82) is 0 Å². The highest BCUT2D eigenvalue weighted by Gasteiger charge is 2.37. The summed E-state index contributed by atoms with van der Waals surface area (Å²) < 4.78 is 20.9. The highest BCUT2D eigenvalue weighted by molar-refractivity contribution is 9.10. The molecule has 246 valence electrons. The molecular formula is C35H35BrCl2N4O4S. The average Bonchev–Trinajstić information content (AvgIpc) is 3.47. The van der Waals surface area contributed by atoms with Crippen LogP contribution in [0.4, 0.5) is 5.95 Å². The molecule has 0 saturated heterocycles. The maximum absolute atomic E-state index is 14.0. The van der Waals surface area contributed by atoms with Crippen molar-refractivity contribution in [3.05, 3.63) is 103 Å². The Hall–Kier alpha value is -3.18. The number of halogens is 3. The van der Waals surface area contributed by atoms with E-state index in [1.165, 1.54) is 23.7 Å². The van der Waals surface area contributed by atoms with E-state index < -0.39 is 6.04 Å².